The van der Waals surface area contributed by atoms with Crippen molar-refractivity contribution in [1.82, 2.24) is 0 Å². The van der Waals surface area contributed by atoms with E-state index in [9.17, 15) is 5.26 Å². The number of ether oxygens (including phenoxy) is 3. The number of fused-ring (bicyclic) bond motifs is 1. The molecule has 1 aliphatic rings. The Balaban J connectivity index is 1.88. The monoisotopic (exact) mass is 293 g/mol. The van der Waals surface area contributed by atoms with Gasteiger partial charge in [0.15, 0.2) is 11.5 Å². The van der Waals surface area contributed by atoms with Crippen molar-refractivity contribution in [2.45, 2.75) is 6.92 Å². The number of rotatable bonds is 4. The summed E-state index contributed by atoms with van der Waals surface area (Å²) >= 11 is 0. The first-order chi connectivity index (χ1) is 10.8. The number of hydrogen-bond acceptors (Lipinski definition) is 4. The van der Waals surface area contributed by atoms with Crippen LogP contribution in [-0.4, -0.2) is 13.4 Å². The first-order valence-electron chi connectivity index (χ1n) is 7.05. The molecule has 0 fully saturated rings. The maximum Gasteiger partial charge on any atom is 0.231 e. The molecule has 2 aromatic rings. The highest BCUT2D eigenvalue weighted by atomic mass is 16.7. The molecule has 1 aliphatic heterocycles. The third-order valence-electron chi connectivity index (χ3n) is 3.31. The zero-order valence-corrected chi connectivity index (χ0v) is 12.2. The van der Waals surface area contributed by atoms with E-state index in [-0.39, 0.29) is 6.79 Å². The lowest BCUT2D eigenvalue weighted by atomic mass is 10.0. The van der Waals surface area contributed by atoms with Crippen LogP contribution in [0.5, 0.6) is 17.2 Å². The molecule has 0 N–H and O–H groups in total. The standard InChI is InChI=1S/C18H15NO3/c1-2-20-16-6-3-13(4-7-16)9-15(11-19)14-5-8-17-18(10-14)22-12-21-17/h3-10H,2,12H2,1H3/b15-9+. The van der Waals surface area contributed by atoms with Gasteiger partial charge in [0.2, 0.25) is 6.79 Å². The summed E-state index contributed by atoms with van der Waals surface area (Å²) < 4.78 is 16.0. The molecule has 0 aliphatic carbocycles. The van der Waals surface area contributed by atoms with E-state index in [0.717, 1.165) is 16.9 Å². The SMILES string of the molecule is CCOc1ccc(/C=C(\C#N)c2ccc3c(c2)OCO3)cc1. The van der Waals surface area contributed by atoms with Gasteiger partial charge in [-0.15, -0.1) is 0 Å². The van der Waals surface area contributed by atoms with Crippen LogP contribution in [0.2, 0.25) is 0 Å². The summed E-state index contributed by atoms with van der Waals surface area (Å²) in [4.78, 5) is 0. The van der Waals surface area contributed by atoms with Gasteiger partial charge < -0.3 is 14.2 Å². The number of allylic oxidation sites excluding steroid dienone is 1. The minimum Gasteiger partial charge on any atom is -0.494 e. The Labute approximate surface area is 129 Å². The lowest BCUT2D eigenvalue weighted by molar-refractivity contribution is 0.174. The third-order valence-corrected chi connectivity index (χ3v) is 3.31. The van der Waals surface area contributed by atoms with E-state index in [1.165, 1.54) is 0 Å². The lowest BCUT2D eigenvalue weighted by Crippen LogP contribution is -1.92. The fraction of sp³-hybridized carbons (Fsp3) is 0.167. The summed E-state index contributed by atoms with van der Waals surface area (Å²) in [7, 11) is 0. The molecule has 0 saturated heterocycles. The second kappa shape index (κ2) is 6.23. The van der Waals surface area contributed by atoms with Crippen molar-refractivity contribution in [3.05, 3.63) is 53.6 Å². The van der Waals surface area contributed by atoms with Gasteiger partial charge in [-0.3, -0.25) is 0 Å². The van der Waals surface area contributed by atoms with Crippen molar-refractivity contribution >= 4 is 11.6 Å². The van der Waals surface area contributed by atoms with Gasteiger partial charge in [-0.2, -0.15) is 5.26 Å². The minimum atomic E-state index is 0.225. The predicted octanol–water partition coefficient (Wildman–Crippen LogP) is 3.88. The van der Waals surface area contributed by atoms with Gasteiger partial charge in [-0.1, -0.05) is 12.1 Å². The molecule has 1 heterocycles. The van der Waals surface area contributed by atoms with Crippen molar-refractivity contribution in [3.8, 4) is 23.3 Å². The Hall–Kier alpha value is -2.93. The number of benzene rings is 2. The van der Waals surface area contributed by atoms with Crippen molar-refractivity contribution in [3.63, 3.8) is 0 Å². The normalized spacial score (nSPS) is 12.8. The fourth-order valence-corrected chi connectivity index (χ4v) is 2.24. The van der Waals surface area contributed by atoms with Crippen LogP contribution in [0.15, 0.2) is 42.5 Å². The minimum absolute atomic E-state index is 0.225. The van der Waals surface area contributed by atoms with Gasteiger partial charge in [0, 0.05) is 0 Å². The zero-order chi connectivity index (χ0) is 15.4. The molecular weight excluding hydrogens is 278 g/mol. The molecule has 0 amide bonds. The molecule has 22 heavy (non-hydrogen) atoms. The van der Waals surface area contributed by atoms with Crippen LogP contribution in [0, 0.1) is 11.3 Å². The Kier molecular flexibility index (Phi) is 3.97. The van der Waals surface area contributed by atoms with E-state index in [1.807, 2.05) is 55.5 Å². The van der Waals surface area contributed by atoms with Gasteiger partial charge in [-0.05, 0) is 54.5 Å². The number of hydrogen-bond donors (Lipinski definition) is 0. The zero-order valence-electron chi connectivity index (χ0n) is 12.2. The summed E-state index contributed by atoms with van der Waals surface area (Å²) in [6.07, 6.45) is 1.84. The van der Waals surface area contributed by atoms with Crippen molar-refractivity contribution in [1.29, 1.82) is 5.26 Å². The van der Waals surface area contributed by atoms with E-state index in [1.54, 1.807) is 0 Å². The predicted molar refractivity (Wildman–Crippen MR) is 83.7 cm³/mol. The second-order valence-electron chi connectivity index (χ2n) is 4.74. The highest BCUT2D eigenvalue weighted by Gasteiger charge is 2.14. The molecule has 0 bridgehead atoms. The summed E-state index contributed by atoms with van der Waals surface area (Å²) in [5.74, 6) is 2.20. The maximum absolute atomic E-state index is 9.41. The molecule has 0 radical (unpaired) electrons. The van der Waals surface area contributed by atoms with Crippen LogP contribution in [-0.2, 0) is 0 Å². The Bertz CT molecular complexity index is 742. The summed E-state index contributed by atoms with van der Waals surface area (Å²) in [6, 6.07) is 15.4. The van der Waals surface area contributed by atoms with Crippen LogP contribution in [0.25, 0.3) is 11.6 Å². The van der Waals surface area contributed by atoms with Gasteiger partial charge in [0.1, 0.15) is 5.75 Å². The Morgan fingerprint density at radius 2 is 1.95 bits per heavy atom. The molecule has 0 spiro atoms. The summed E-state index contributed by atoms with van der Waals surface area (Å²) in [5.41, 5.74) is 2.32. The highest BCUT2D eigenvalue weighted by molar-refractivity contribution is 5.90. The van der Waals surface area contributed by atoms with Crippen LogP contribution < -0.4 is 14.2 Å². The van der Waals surface area contributed by atoms with Crippen LogP contribution in [0.4, 0.5) is 0 Å². The molecule has 3 rings (SSSR count). The molecule has 4 heteroatoms. The van der Waals surface area contributed by atoms with Gasteiger partial charge in [0.05, 0.1) is 18.2 Å². The van der Waals surface area contributed by atoms with Crippen molar-refractivity contribution in [2.75, 3.05) is 13.4 Å². The van der Waals surface area contributed by atoms with Crippen molar-refractivity contribution in [2.24, 2.45) is 0 Å². The largest absolute Gasteiger partial charge is 0.494 e. The topological polar surface area (TPSA) is 51.5 Å². The Morgan fingerprint density at radius 1 is 1.18 bits per heavy atom. The Morgan fingerprint density at radius 3 is 2.68 bits per heavy atom. The van der Waals surface area contributed by atoms with E-state index < -0.39 is 0 Å². The molecule has 2 aromatic carbocycles. The van der Waals surface area contributed by atoms with Crippen LogP contribution in [0.3, 0.4) is 0 Å². The first-order valence-corrected chi connectivity index (χ1v) is 7.05. The van der Waals surface area contributed by atoms with Crippen molar-refractivity contribution < 1.29 is 14.2 Å². The molecule has 0 atom stereocenters. The van der Waals surface area contributed by atoms with E-state index in [0.29, 0.717) is 23.7 Å². The molecule has 4 nitrogen and oxygen atoms in total. The first kappa shape index (κ1) is 14.0. The van der Waals surface area contributed by atoms with Crippen LogP contribution in [0.1, 0.15) is 18.1 Å². The summed E-state index contributed by atoms with van der Waals surface area (Å²) in [5, 5.41) is 9.41. The van der Waals surface area contributed by atoms with Gasteiger partial charge >= 0.3 is 0 Å². The van der Waals surface area contributed by atoms with E-state index in [2.05, 4.69) is 6.07 Å². The molecule has 0 saturated carbocycles. The maximum atomic E-state index is 9.41. The third kappa shape index (κ3) is 2.89. The average Bonchev–Trinajstić information content (AvgIpc) is 3.02. The second-order valence-corrected chi connectivity index (χ2v) is 4.74. The quantitative estimate of drug-likeness (QED) is 0.634. The van der Waals surface area contributed by atoms with E-state index >= 15 is 0 Å². The lowest BCUT2D eigenvalue weighted by Gasteiger charge is -2.04. The average molecular weight is 293 g/mol. The highest BCUT2D eigenvalue weighted by Crippen LogP contribution is 2.34. The van der Waals surface area contributed by atoms with Crippen LogP contribution >= 0.6 is 0 Å². The molecule has 0 unspecified atom stereocenters. The fourth-order valence-electron chi connectivity index (χ4n) is 2.24. The number of nitrogens with zero attached hydrogens (tertiary/aromatic N) is 1. The summed E-state index contributed by atoms with van der Waals surface area (Å²) in [6.45, 7) is 2.81. The van der Waals surface area contributed by atoms with Gasteiger partial charge in [-0.25, -0.2) is 0 Å². The molecule has 0 aromatic heterocycles. The molecular formula is C18H15NO3. The molecule has 110 valence electrons. The van der Waals surface area contributed by atoms with Gasteiger partial charge in [0.25, 0.3) is 0 Å². The smallest absolute Gasteiger partial charge is 0.231 e. The van der Waals surface area contributed by atoms with E-state index in [4.69, 9.17) is 14.2 Å². The number of nitriles is 1.